The number of hydrogen-bond donors (Lipinski definition) is 3. The second-order valence-corrected chi connectivity index (χ2v) is 5.06. The van der Waals surface area contributed by atoms with Crippen LogP contribution in [0.5, 0.6) is 0 Å². The van der Waals surface area contributed by atoms with Crippen LogP contribution < -0.4 is 5.73 Å². The summed E-state index contributed by atoms with van der Waals surface area (Å²) in [6.07, 6.45) is -0.138. The maximum atomic E-state index is 11.3. The van der Waals surface area contributed by atoms with E-state index in [-0.39, 0.29) is 12.1 Å². The Kier molecular flexibility index (Phi) is 4.56. The lowest BCUT2D eigenvalue weighted by Crippen LogP contribution is -2.43. The molecule has 2 atom stereocenters. The zero-order chi connectivity index (χ0) is 17.1. The number of hydrogen-bond acceptors (Lipinski definition) is 5. The van der Waals surface area contributed by atoms with Gasteiger partial charge < -0.3 is 15.9 Å². The summed E-state index contributed by atoms with van der Waals surface area (Å²) < 4.78 is 0. The van der Waals surface area contributed by atoms with Crippen molar-refractivity contribution >= 4 is 28.4 Å². The van der Waals surface area contributed by atoms with Gasteiger partial charge in [0.2, 0.25) is 0 Å². The van der Waals surface area contributed by atoms with Gasteiger partial charge in [0.1, 0.15) is 6.04 Å². The number of carbonyl (C=O) groups is 2. The molecule has 2 aromatic rings. The zero-order valence-corrected chi connectivity index (χ0v) is 11.9. The van der Waals surface area contributed by atoms with E-state index in [2.05, 4.69) is 0 Å². The van der Waals surface area contributed by atoms with Crippen LogP contribution in [0.2, 0.25) is 0 Å². The molecule has 0 saturated heterocycles. The van der Waals surface area contributed by atoms with Gasteiger partial charge in [0, 0.05) is 6.07 Å². The fourth-order valence-electron chi connectivity index (χ4n) is 2.46. The number of rotatable bonds is 6. The van der Waals surface area contributed by atoms with Crippen molar-refractivity contribution in [2.75, 3.05) is 0 Å². The van der Waals surface area contributed by atoms with Crippen LogP contribution in [0.4, 0.5) is 5.69 Å². The molecule has 0 aliphatic heterocycles. The quantitative estimate of drug-likeness (QED) is 0.539. The second-order valence-electron chi connectivity index (χ2n) is 5.06. The van der Waals surface area contributed by atoms with Crippen LogP contribution in [-0.2, 0) is 16.0 Å². The maximum absolute atomic E-state index is 11.3. The first-order valence-corrected chi connectivity index (χ1v) is 6.69. The number of benzene rings is 2. The van der Waals surface area contributed by atoms with Gasteiger partial charge in [-0.25, -0.2) is 0 Å². The highest BCUT2D eigenvalue weighted by Crippen LogP contribution is 2.30. The third kappa shape index (κ3) is 3.27. The van der Waals surface area contributed by atoms with E-state index in [9.17, 15) is 24.8 Å². The van der Waals surface area contributed by atoms with E-state index >= 15 is 0 Å². The van der Waals surface area contributed by atoms with Gasteiger partial charge in [-0.05, 0) is 23.4 Å². The summed E-state index contributed by atoms with van der Waals surface area (Å²) in [5, 5.41) is 30.1. The molecule has 2 aromatic carbocycles. The molecule has 0 aliphatic rings. The Balaban J connectivity index is 2.52. The van der Waals surface area contributed by atoms with E-state index in [0.717, 1.165) is 0 Å². The molecule has 0 radical (unpaired) electrons. The number of nitrogens with two attached hydrogens (primary N) is 1. The minimum atomic E-state index is -1.57. The average molecular weight is 318 g/mol. The standard InChI is InChI=1S/C15H14N2O6/c16-13(15(20)21)11(14(18)19)7-8-5-6-12(17(22)23)10-4-2-1-3-9(8)10/h1-6,11,13H,7,16H2,(H,18,19)(H,20,21)/t11-,13-/m0/s1. The van der Waals surface area contributed by atoms with Crippen LogP contribution in [0.15, 0.2) is 36.4 Å². The first kappa shape index (κ1) is 16.4. The van der Waals surface area contributed by atoms with E-state index in [1.54, 1.807) is 24.3 Å². The van der Waals surface area contributed by atoms with Gasteiger partial charge in [-0.15, -0.1) is 0 Å². The number of fused-ring (bicyclic) bond motifs is 1. The smallest absolute Gasteiger partial charge is 0.321 e. The van der Waals surface area contributed by atoms with Crippen molar-refractivity contribution in [1.82, 2.24) is 0 Å². The lowest BCUT2D eigenvalue weighted by Gasteiger charge is -2.17. The number of carboxylic acid groups (broad SMARTS) is 2. The van der Waals surface area contributed by atoms with Crippen LogP contribution in [0.3, 0.4) is 0 Å². The molecule has 0 fully saturated rings. The maximum Gasteiger partial charge on any atom is 0.321 e. The Labute approximate surface area is 130 Å². The Morgan fingerprint density at radius 2 is 1.70 bits per heavy atom. The number of nitrogens with zero attached hydrogens (tertiary/aromatic N) is 1. The molecule has 0 unspecified atom stereocenters. The fourth-order valence-corrected chi connectivity index (χ4v) is 2.46. The lowest BCUT2D eigenvalue weighted by atomic mass is 9.90. The van der Waals surface area contributed by atoms with E-state index in [0.29, 0.717) is 16.3 Å². The van der Waals surface area contributed by atoms with Crippen molar-refractivity contribution in [2.24, 2.45) is 11.7 Å². The SMILES string of the molecule is N[C@H](C(=O)O)[C@H](Cc1ccc([N+](=O)[O-])c2ccccc12)C(=O)O. The molecule has 0 saturated carbocycles. The number of nitro benzene ring substituents is 1. The van der Waals surface area contributed by atoms with Gasteiger partial charge >= 0.3 is 11.9 Å². The monoisotopic (exact) mass is 318 g/mol. The van der Waals surface area contributed by atoms with Gasteiger partial charge in [-0.2, -0.15) is 0 Å². The highest BCUT2D eigenvalue weighted by atomic mass is 16.6. The molecule has 2 rings (SSSR count). The van der Waals surface area contributed by atoms with Gasteiger partial charge in [-0.1, -0.05) is 24.3 Å². The molecule has 0 aliphatic carbocycles. The van der Waals surface area contributed by atoms with Crippen molar-refractivity contribution in [2.45, 2.75) is 12.5 Å². The Hall–Kier alpha value is -3.00. The number of non-ortho nitro benzene ring substituents is 1. The van der Waals surface area contributed by atoms with E-state index in [1.807, 2.05) is 0 Å². The molecule has 8 heteroatoms. The molecule has 8 nitrogen and oxygen atoms in total. The highest BCUT2D eigenvalue weighted by Gasteiger charge is 2.31. The molecule has 23 heavy (non-hydrogen) atoms. The first-order chi connectivity index (χ1) is 10.8. The van der Waals surface area contributed by atoms with Crippen LogP contribution in [0.1, 0.15) is 5.56 Å². The predicted octanol–water partition coefficient (Wildman–Crippen LogP) is 1.40. The van der Waals surface area contributed by atoms with Crippen molar-refractivity contribution in [1.29, 1.82) is 0 Å². The van der Waals surface area contributed by atoms with Crippen LogP contribution in [-0.4, -0.2) is 33.1 Å². The van der Waals surface area contributed by atoms with Crippen LogP contribution >= 0.6 is 0 Å². The van der Waals surface area contributed by atoms with Gasteiger partial charge in [0.05, 0.1) is 16.2 Å². The zero-order valence-electron chi connectivity index (χ0n) is 11.9. The largest absolute Gasteiger partial charge is 0.481 e. The summed E-state index contributed by atoms with van der Waals surface area (Å²) in [5.41, 5.74) is 5.84. The molecular weight excluding hydrogens is 304 g/mol. The summed E-state index contributed by atoms with van der Waals surface area (Å²) in [7, 11) is 0. The molecule has 0 aromatic heterocycles. The van der Waals surface area contributed by atoms with Crippen molar-refractivity contribution in [3.05, 3.63) is 52.1 Å². The Morgan fingerprint density at radius 1 is 1.09 bits per heavy atom. The Morgan fingerprint density at radius 3 is 2.22 bits per heavy atom. The van der Waals surface area contributed by atoms with Crippen molar-refractivity contribution < 1.29 is 24.7 Å². The second kappa shape index (κ2) is 6.41. The molecule has 120 valence electrons. The minimum Gasteiger partial charge on any atom is -0.481 e. The van der Waals surface area contributed by atoms with Crippen LogP contribution in [0.25, 0.3) is 10.8 Å². The average Bonchev–Trinajstić information content (AvgIpc) is 2.51. The van der Waals surface area contributed by atoms with Gasteiger partial charge in [0.15, 0.2) is 0 Å². The fraction of sp³-hybridized carbons (Fsp3) is 0.200. The molecule has 0 spiro atoms. The van der Waals surface area contributed by atoms with E-state index in [4.69, 9.17) is 10.8 Å². The lowest BCUT2D eigenvalue weighted by molar-refractivity contribution is -0.383. The highest BCUT2D eigenvalue weighted by molar-refractivity contribution is 5.94. The Bertz CT molecular complexity index is 789. The normalized spacial score (nSPS) is 13.4. The first-order valence-electron chi connectivity index (χ1n) is 6.69. The summed E-state index contributed by atoms with van der Waals surface area (Å²) >= 11 is 0. The molecular formula is C15H14N2O6. The van der Waals surface area contributed by atoms with E-state index < -0.39 is 28.8 Å². The predicted molar refractivity (Wildman–Crippen MR) is 81.0 cm³/mol. The topological polar surface area (TPSA) is 144 Å². The van der Waals surface area contributed by atoms with E-state index in [1.165, 1.54) is 12.1 Å². The van der Waals surface area contributed by atoms with Gasteiger partial charge in [-0.3, -0.25) is 19.7 Å². The summed E-state index contributed by atoms with van der Waals surface area (Å²) in [6, 6.07) is 7.64. The molecule has 4 N–H and O–H groups in total. The number of nitro groups is 1. The van der Waals surface area contributed by atoms with Crippen molar-refractivity contribution in [3.8, 4) is 0 Å². The third-order valence-electron chi connectivity index (χ3n) is 3.66. The summed E-state index contributed by atoms with van der Waals surface area (Å²) in [4.78, 5) is 32.8. The number of aliphatic carboxylic acids is 2. The molecule has 0 bridgehead atoms. The summed E-state index contributed by atoms with van der Waals surface area (Å²) in [5.74, 6) is -4.08. The third-order valence-corrected chi connectivity index (χ3v) is 3.66. The van der Waals surface area contributed by atoms with Gasteiger partial charge in [0.25, 0.3) is 5.69 Å². The van der Waals surface area contributed by atoms with Crippen molar-refractivity contribution in [3.63, 3.8) is 0 Å². The molecule has 0 heterocycles. The minimum absolute atomic E-state index is 0.0984. The molecule has 0 amide bonds. The summed E-state index contributed by atoms with van der Waals surface area (Å²) in [6.45, 7) is 0. The number of carboxylic acids is 2. The van der Waals surface area contributed by atoms with Crippen LogP contribution in [0, 0.1) is 16.0 Å².